The van der Waals surface area contributed by atoms with E-state index in [1.165, 1.54) is 5.56 Å². The topological polar surface area (TPSA) is 32.3 Å². The minimum atomic E-state index is 0.201. The van der Waals surface area contributed by atoms with Crippen LogP contribution in [-0.2, 0) is 0 Å². The maximum Gasteiger partial charge on any atom is 0.115 e. The van der Waals surface area contributed by atoms with Crippen LogP contribution < -0.4 is 5.32 Å². The molecule has 0 aliphatic rings. The van der Waals surface area contributed by atoms with Crippen molar-refractivity contribution in [1.82, 2.24) is 5.32 Å². The van der Waals surface area contributed by atoms with E-state index in [9.17, 15) is 5.11 Å². The third kappa shape index (κ3) is 3.11. The van der Waals surface area contributed by atoms with Gasteiger partial charge in [-0.05, 0) is 37.1 Å². The van der Waals surface area contributed by atoms with Crippen LogP contribution in [0.2, 0.25) is 0 Å². The average molecular weight is 241 g/mol. The van der Waals surface area contributed by atoms with Crippen molar-refractivity contribution in [1.29, 1.82) is 0 Å². The molecule has 0 aliphatic carbocycles. The summed E-state index contributed by atoms with van der Waals surface area (Å²) in [6, 6.07) is 18.2. The lowest BCUT2D eigenvalue weighted by Gasteiger charge is -2.20. The van der Waals surface area contributed by atoms with Crippen molar-refractivity contribution < 1.29 is 5.11 Å². The normalized spacial score (nSPS) is 14.1. The van der Waals surface area contributed by atoms with E-state index in [0.29, 0.717) is 5.75 Å². The summed E-state index contributed by atoms with van der Waals surface area (Å²) < 4.78 is 0. The van der Waals surface area contributed by atoms with Gasteiger partial charge in [-0.1, -0.05) is 42.5 Å². The van der Waals surface area contributed by atoms with Gasteiger partial charge in [0.1, 0.15) is 5.75 Å². The monoisotopic (exact) mass is 241 g/mol. The molecule has 0 spiro atoms. The van der Waals surface area contributed by atoms with E-state index in [-0.39, 0.29) is 12.1 Å². The van der Waals surface area contributed by atoms with E-state index < -0.39 is 0 Å². The van der Waals surface area contributed by atoms with Gasteiger partial charge in [-0.15, -0.1) is 0 Å². The first-order valence-corrected chi connectivity index (χ1v) is 6.27. The number of hydrogen-bond acceptors (Lipinski definition) is 2. The maximum atomic E-state index is 9.49. The Bertz CT molecular complexity index is 495. The van der Waals surface area contributed by atoms with Crippen LogP contribution >= 0.6 is 0 Å². The van der Waals surface area contributed by atoms with Gasteiger partial charge < -0.3 is 10.4 Å². The minimum Gasteiger partial charge on any atom is -0.508 e. The largest absolute Gasteiger partial charge is 0.508 e. The fourth-order valence-corrected chi connectivity index (χ4v) is 2.10. The summed E-state index contributed by atoms with van der Waals surface area (Å²) in [5, 5.41) is 13.0. The number of phenols is 1. The zero-order valence-corrected chi connectivity index (χ0v) is 10.8. The highest BCUT2D eigenvalue weighted by atomic mass is 16.3. The Morgan fingerprint density at radius 3 is 2.11 bits per heavy atom. The summed E-state index contributed by atoms with van der Waals surface area (Å²) in [5.41, 5.74) is 2.36. The molecule has 0 saturated heterocycles. The number of hydrogen-bond donors (Lipinski definition) is 2. The Balaban J connectivity index is 2.05. The number of nitrogens with one attached hydrogen (secondary N) is 1. The number of rotatable bonds is 4. The fraction of sp³-hybridized carbons (Fsp3) is 0.250. The molecule has 0 fully saturated rings. The van der Waals surface area contributed by atoms with Crippen molar-refractivity contribution in [3.63, 3.8) is 0 Å². The van der Waals surface area contributed by atoms with Crippen LogP contribution in [0.15, 0.2) is 54.6 Å². The van der Waals surface area contributed by atoms with E-state index in [2.05, 4.69) is 31.3 Å². The average Bonchev–Trinajstić information content (AvgIpc) is 2.39. The molecule has 2 rings (SSSR count). The molecule has 0 amide bonds. The Morgan fingerprint density at radius 2 is 1.44 bits per heavy atom. The van der Waals surface area contributed by atoms with Crippen LogP contribution in [0.3, 0.4) is 0 Å². The van der Waals surface area contributed by atoms with Gasteiger partial charge in [-0.25, -0.2) is 0 Å². The molecule has 2 heteroatoms. The van der Waals surface area contributed by atoms with Crippen LogP contribution in [0.25, 0.3) is 0 Å². The van der Waals surface area contributed by atoms with E-state index in [1.807, 2.05) is 30.3 Å². The smallest absolute Gasteiger partial charge is 0.115 e. The van der Waals surface area contributed by atoms with Gasteiger partial charge in [0, 0.05) is 12.1 Å². The van der Waals surface area contributed by atoms with Gasteiger partial charge in [0.15, 0.2) is 0 Å². The lowest BCUT2D eigenvalue weighted by atomic mass is 10.0. The van der Waals surface area contributed by atoms with Crippen LogP contribution in [-0.4, -0.2) is 5.11 Å². The molecule has 0 bridgehead atoms. The summed E-state index contributed by atoms with van der Waals surface area (Å²) in [6.07, 6.45) is 0. The third-order valence-electron chi connectivity index (χ3n) is 3.17. The van der Waals surface area contributed by atoms with Crippen LogP contribution in [0, 0.1) is 0 Å². The van der Waals surface area contributed by atoms with Gasteiger partial charge in [0.2, 0.25) is 0 Å². The zero-order chi connectivity index (χ0) is 13.0. The van der Waals surface area contributed by atoms with E-state index in [0.717, 1.165) is 5.56 Å². The molecule has 0 aliphatic heterocycles. The molecule has 0 aromatic heterocycles. The predicted octanol–water partition coefficient (Wildman–Crippen LogP) is 3.80. The van der Waals surface area contributed by atoms with E-state index >= 15 is 0 Å². The Hall–Kier alpha value is -1.80. The van der Waals surface area contributed by atoms with Crippen LogP contribution in [0.5, 0.6) is 5.75 Å². The quantitative estimate of drug-likeness (QED) is 0.853. The van der Waals surface area contributed by atoms with E-state index in [4.69, 9.17) is 0 Å². The first-order valence-electron chi connectivity index (χ1n) is 6.27. The van der Waals surface area contributed by atoms with Crippen molar-refractivity contribution in [3.05, 3.63) is 65.7 Å². The van der Waals surface area contributed by atoms with Gasteiger partial charge >= 0.3 is 0 Å². The SMILES string of the molecule is CC(N[C@H](C)c1ccccc1)c1cccc(O)c1. The molecule has 2 aromatic rings. The Labute approximate surface area is 108 Å². The van der Waals surface area contributed by atoms with Gasteiger partial charge in [-0.2, -0.15) is 0 Å². The van der Waals surface area contributed by atoms with Gasteiger partial charge in [-0.3, -0.25) is 0 Å². The second-order valence-corrected chi connectivity index (χ2v) is 4.62. The summed E-state index contributed by atoms with van der Waals surface area (Å²) >= 11 is 0. The summed E-state index contributed by atoms with van der Waals surface area (Å²) in [7, 11) is 0. The van der Waals surface area contributed by atoms with Crippen LogP contribution in [0.1, 0.15) is 37.1 Å². The third-order valence-corrected chi connectivity index (χ3v) is 3.17. The summed E-state index contributed by atoms with van der Waals surface area (Å²) in [5.74, 6) is 0.313. The van der Waals surface area contributed by atoms with Crippen molar-refractivity contribution in [2.75, 3.05) is 0 Å². The fourth-order valence-electron chi connectivity index (χ4n) is 2.10. The highest BCUT2D eigenvalue weighted by Gasteiger charge is 2.10. The van der Waals surface area contributed by atoms with Crippen molar-refractivity contribution in [3.8, 4) is 5.75 Å². The zero-order valence-electron chi connectivity index (χ0n) is 10.8. The lowest BCUT2D eigenvalue weighted by molar-refractivity contribution is 0.466. The molecule has 2 aromatic carbocycles. The Morgan fingerprint density at radius 1 is 0.833 bits per heavy atom. The molecule has 2 nitrogen and oxygen atoms in total. The number of aromatic hydroxyl groups is 1. The minimum absolute atomic E-state index is 0.201. The number of benzene rings is 2. The second-order valence-electron chi connectivity index (χ2n) is 4.62. The summed E-state index contributed by atoms with van der Waals surface area (Å²) in [4.78, 5) is 0. The molecule has 2 N–H and O–H groups in total. The molecule has 0 heterocycles. The molecule has 18 heavy (non-hydrogen) atoms. The van der Waals surface area contributed by atoms with Gasteiger partial charge in [0.25, 0.3) is 0 Å². The standard InChI is InChI=1S/C16H19NO/c1-12(14-7-4-3-5-8-14)17-13(2)15-9-6-10-16(18)11-15/h3-13,17-18H,1-2H3/t12-,13?/m1/s1. The first-order chi connectivity index (χ1) is 8.66. The van der Waals surface area contributed by atoms with Crippen molar-refractivity contribution >= 4 is 0 Å². The maximum absolute atomic E-state index is 9.49. The second kappa shape index (κ2) is 5.69. The molecular formula is C16H19NO. The number of phenolic OH excluding ortho intramolecular Hbond substituents is 1. The first kappa shape index (κ1) is 12.7. The summed E-state index contributed by atoms with van der Waals surface area (Å²) in [6.45, 7) is 4.25. The van der Waals surface area contributed by atoms with Crippen molar-refractivity contribution in [2.45, 2.75) is 25.9 Å². The molecule has 94 valence electrons. The molecule has 0 radical (unpaired) electrons. The van der Waals surface area contributed by atoms with Crippen molar-refractivity contribution in [2.24, 2.45) is 0 Å². The Kier molecular flexibility index (Phi) is 4.00. The van der Waals surface area contributed by atoms with Gasteiger partial charge in [0.05, 0.1) is 0 Å². The molecular weight excluding hydrogens is 222 g/mol. The highest BCUT2D eigenvalue weighted by molar-refractivity contribution is 5.29. The molecule has 0 saturated carbocycles. The molecule has 1 unspecified atom stereocenters. The predicted molar refractivity (Wildman–Crippen MR) is 74.5 cm³/mol. The van der Waals surface area contributed by atoms with Crippen LogP contribution in [0.4, 0.5) is 0 Å². The highest BCUT2D eigenvalue weighted by Crippen LogP contribution is 2.21. The lowest BCUT2D eigenvalue weighted by Crippen LogP contribution is -2.22. The molecule has 2 atom stereocenters. The van der Waals surface area contributed by atoms with E-state index in [1.54, 1.807) is 12.1 Å².